The number of aromatic nitrogens is 2. The van der Waals surface area contributed by atoms with Crippen LogP contribution in [0.2, 0.25) is 0 Å². The van der Waals surface area contributed by atoms with Crippen molar-refractivity contribution in [2.75, 3.05) is 25.1 Å². The van der Waals surface area contributed by atoms with E-state index in [1.165, 1.54) is 6.42 Å². The van der Waals surface area contributed by atoms with Gasteiger partial charge in [0.2, 0.25) is 11.8 Å². The normalized spacial score (nSPS) is 19.6. The van der Waals surface area contributed by atoms with Gasteiger partial charge in [0.05, 0.1) is 6.10 Å². The molecule has 1 aliphatic heterocycles. The van der Waals surface area contributed by atoms with Gasteiger partial charge >= 0.3 is 0 Å². The van der Waals surface area contributed by atoms with E-state index in [1.807, 2.05) is 19.9 Å². The summed E-state index contributed by atoms with van der Waals surface area (Å²) in [7, 11) is 0. The van der Waals surface area contributed by atoms with Crippen LogP contribution in [0.5, 0.6) is 5.88 Å². The predicted molar refractivity (Wildman–Crippen MR) is 70.0 cm³/mol. The zero-order chi connectivity index (χ0) is 12.8. The third-order valence-corrected chi connectivity index (χ3v) is 2.86. The highest BCUT2D eigenvalue weighted by Gasteiger charge is 2.15. The Balaban J connectivity index is 1.91. The summed E-state index contributed by atoms with van der Waals surface area (Å²) in [6.45, 7) is 6.17. The second kappa shape index (κ2) is 6.54. The first kappa shape index (κ1) is 13.1. The third-order valence-electron chi connectivity index (χ3n) is 2.86. The first-order chi connectivity index (χ1) is 8.78. The lowest BCUT2D eigenvalue weighted by molar-refractivity contribution is -0.0119. The van der Waals surface area contributed by atoms with E-state index in [2.05, 4.69) is 15.3 Å². The van der Waals surface area contributed by atoms with E-state index in [4.69, 9.17) is 9.47 Å². The Hall–Kier alpha value is -1.36. The number of hydrogen-bond acceptors (Lipinski definition) is 5. The van der Waals surface area contributed by atoms with Crippen molar-refractivity contribution in [3.8, 4) is 5.88 Å². The molecule has 1 fully saturated rings. The molecule has 0 amide bonds. The maximum atomic E-state index is 5.70. The van der Waals surface area contributed by atoms with E-state index in [0.717, 1.165) is 31.7 Å². The molecule has 0 radical (unpaired) electrons. The molecule has 0 aliphatic carbocycles. The lowest BCUT2D eigenvalue weighted by Gasteiger charge is -2.22. The minimum absolute atomic E-state index is 0.205. The van der Waals surface area contributed by atoms with Crippen molar-refractivity contribution >= 4 is 5.95 Å². The highest BCUT2D eigenvalue weighted by molar-refractivity contribution is 5.30. The van der Waals surface area contributed by atoms with Crippen LogP contribution < -0.4 is 10.1 Å². The highest BCUT2D eigenvalue weighted by Crippen LogP contribution is 2.16. The number of aryl methyl sites for hydroxylation is 1. The maximum absolute atomic E-state index is 5.70. The Morgan fingerprint density at radius 1 is 1.44 bits per heavy atom. The van der Waals surface area contributed by atoms with Gasteiger partial charge in [-0.25, -0.2) is 4.98 Å². The first-order valence-electron chi connectivity index (χ1n) is 6.62. The van der Waals surface area contributed by atoms with Crippen LogP contribution >= 0.6 is 0 Å². The second-order valence-corrected chi connectivity index (χ2v) is 4.50. The molecule has 1 atom stereocenters. The van der Waals surface area contributed by atoms with Crippen LogP contribution in [-0.4, -0.2) is 35.8 Å². The van der Waals surface area contributed by atoms with Crippen LogP contribution in [0.15, 0.2) is 6.07 Å². The van der Waals surface area contributed by atoms with Crippen LogP contribution in [0.4, 0.5) is 5.95 Å². The van der Waals surface area contributed by atoms with Crippen LogP contribution in [0.25, 0.3) is 0 Å². The van der Waals surface area contributed by atoms with Gasteiger partial charge in [-0.05, 0) is 33.1 Å². The molecule has 18 heavy (non-hydrogen) atoms. The van der Waals surface area contributed by atoms with Gasteiger partial charge in [0, 0.05) is 24.9 Å². The smallest absolute Gasteiger partial charge is 0.226 e. The summed E-state index contributed by atoms with van der Waals surface area (Å²) in [5, 5.41) is 3.09. The quantitative estimate of drug-likeness (QED) is 0.869. The molecule has 100 valence electrons. The SMILES string of the molecule is CCNc1nc(C)cc(OCC2CCCCO2)n1. The molecule has 1 saturated heterocycles. The lowest BCUT2D eigenvalue weighted by Crippen LogP contribution is -2.26. The molecule has 1 aromatic rings. The largest absolute Gasteiger partial charge is 0.475 e. The number of anilines is 1. The van der Waals surface area contributed by atoms with Gasteiger partial charge in [-0.1, -0.05) is 0 Å². The van der Waals surface area contributed by atoms with Gasteiger partial charge in [0.15, 0.2) is 0 Å². The summed E-state index contributed by atoms with van der Waals surface area (Å²) in [5.41, 5.74) is 0.903. The Kier molecular flexibility index (Phi) is 4.75. The van der Waals surface area contributed by atoms with Crippen LogP contribution in [0.3, 0.4) is 0 Å². The molecule has 1 unspecified atom stereocenters. The molecule has 1 aliphatic rings. The fraction of sp³-hybridized carbons (Fsp3) is 0.692. The van der Waals surface area contributed by atoms with Crippen molar-refractivity contribution in [3.63, 3.8) is 0 Å². The molecule has 1 N–H and O–H groups in total. The predicted octanol–water partition coefficient (Wildman–Crippen LogP) is 2.16. The van der Waals surface area contributed by atoms with Gasteiger partial charge in [0.25, 0.3) is 0 Å². The highest BCUT2D eigenvalue weighted by atomic mass is 16.5. The summed E-state index contributed by atoms with van der Waals surface area (Å²) >= 11 is 0. The molecule has 2 heterocycles. The summed E-state index contributed by atoms with van der Waals surface area (Å²) in [5.74, 6) is 1.24. The van der Waals surface area contributed by atoms with E-state index < -0.39 is 0 Å². The average molecular weight is 251 g/mol. The molecule has 0 bridgehead atoms. The fourth-order valence-electron chi connectivity index (χ4n) is 1.97. The number of rotatable bonds is 5. The fourth-order valence-corrected chi connectivity index (χ4v) is 1.97. The molecule has 2 rings (SSSR count). The van der Waals surface area contributed by atoms with Crippen molar-refractivity contribution < 1.29 is 9.47 Å². The topological polar surface area (TPSA) is 56.3 Å². The van der Waals surface area contributed by atoms with Crippen molar-refractivity contribution in [3.05, 3.63) is 11.8 Å². The van der Waals surface area contributed by atoms with E-state index in [-0.39, 0.29) is 6.10 Å². The van der Waals surface area contributed by atoms with Crippen molar-refractivity contribution in [1.82, 2.24) is 9.97 Å². The van der Waals surface area contributed by atoms with Gasteiger partial charge in [-0.2, -0.15) is 4.98 Å². The van der Waals surface area contributed by atoms with Crippen LogP contribution in [0.1, 0.15) is 31.9 Å². The lowest BCUT2D eigenvalue weighted by atomic mass is 10.1. The van der Waals surface area contributed by atoms with Gasteiger partial charge in [-0.3, -0.25) is 0 Å². The van der Waals surface area contributed by atoms with Crippen LogP contribution in [-0.2, 0) is 4.74 Å². The number of ether oxygens (including phenoxy) is 2. The minimum Gasteiger partial charge on any atom is -0.475 e. The van der Waals surface area contributed by atoms with E-state index in [0.29, 0.717) is 18.4 Å². The molecule has 0 spiro atoms. The number of hydrogen-bond donors (Lipinski definition) is 1. The molecule has 1 aromatic heterocycles. The number of nitrogens with one attached hydrogen (secondary N) is 1. The summed E-state index contributed by atoms with van der Waals surface area (Å²) < 4.78 is 11.3. The third kappa shape index (κ3) is 3.84. The zero-order valence-corrected chi connectivity index (χ0v) is 11.1. The summed E-state index contributed by atoms with van der Waals surface area (Å²) in [6.07, 6.45) is 3.66. The summed E-state index contributed by atoms with van der Waals surface area (Å²) in [4.78, 5) is 8.59. The van der Waals surface area contributed by atoms with E-state index in [9.17, 15) is 0 Å². The van der Waals surface area contributed by atoms with Crippen LogP contribution in [0, 0.1) is 6.92 Å². The maximum Gasteiger partial charge on any atom is 0.226 e. The Morgan fingerprint density at radius 2 is 2.33 bits per heavy atom. The standard InChI is InChI=1S/C13H21N3O2/c1-3-14-13-15-10(2)8-12(16-13)18-9-11-6-4-5-7-17-11/h8,11H,3-7,9H2,1-2H3,(H,14,15,16). The number of nitrogens with zero attached hydrogens (tertiary/aromatic N) is 2. The van der Waals surface area contributed by atoms with Gasteiger partial charge < -0.3 is 14.8 Å². The first-order valence-corrected chi connectivity index (χ1v) is 6.62. The Morgan fingerprint density at radius 3 is 3.06 bits per heavy atom. The molecule has 5 heteroatoms. The van der Waals surface area contributed by atoms with Crippen molar-refractivity contribution in [1.29, 1.82) is 0 Å². The van der Waals surface area contributed by atoms with Gasteiger partial charge in [0.1, 0.15) is 6.61 Å². The molecule has 5 nitrogen and oxygen atoms in total. The van der Waals surface area contributed by atoms with E-state index >= 15 is 0 Å². The molecule has 0 aromatic carbocycles. The molecular weight excluding hydrogens is 230 g/mol. The van der Waals surface area contributed by atoms with E-state index in [1.54, 1.807) is 0 Å². The Labute approximate surface area is 108 Å². The molecule has 0 saturated carbocycles. The molecular formula is C13H21N3O2. The monoisotopic (exact) mass is 251 g/mol. The summed E-state index contributed by atoms with van der Waals surface area (Å²) in [6, 6.07) is 1.85. The Bertz CT molecular complexity index is 378. The average Bonchev–Trinajstić information content (AvgIpc) is 2.37. The van der Waals surface area contributed by atoms with Crippen molar-refractivity contribution in [2.45, 2.75) is 39.2 Å². The van der Waals surface area contributed by atoms with Crippen molar-refractivity contribution in [2.24, 2.45) is 0 Å². The zero-order valence-electron chi connectivity index (χ0n) is 11.1. The minimum atomic E-state index is 0.205. The van der Waals surface area contributed by atoms with Gasteiger partial charge in [-0.15, -0.1) is 0 Å². The second-order valence-electron chi connectivity index (χ2n) is 4.50.